The Morgan fingerprint density at radius 2 is 2.17 bits per heavy atom. The molecule has 4 nitrogen and oxygen atoms in total. The summed E-state index contributed by atoms with van der Waals surface area (Å²) in [6.07, 6.45) is 3.01. The van der Waals surface area contributed by atoms with Crippen LogP contribution in [-0.2, 0) is 9.59 Å². The van der Waals surface area contributed by atoms with Crippen molar-refractivity contribution in [2.24, 2.45) is 5.92 Å². The first-order chi connectivity index (χ1) is 8.36. The highest BCUT2D eigenvalue weighted by atomic mass is 32.1. The molecule has 0 aromatic carbocycles. The molecule has 0 fully saturated rings. The van der Waals surface area contributed by atoms with E-state index in [0.717, 1.165) is 5.56 Å². The summed E-state index contributed by atoms with van der Waals surface area (Å²) in [5, 5.41) is 15.5. The molecule has 0 spiro atoms. The van der Waals surface area contributed by atoms with Gasteiger partial charge < -0.3 is 10.4 Å². The zero-order chi connectivity index (χ0) is 13.8. The Morgan fingerprint density at radius 1 is 1.50 bits per heavy atom. The molecule has 1 aromatic rings. The fraction of sp³-hybridized carbons (Fsp3) is 0.385. The molecular weight excluding hydrogens is 250 g/mol. The lowest BCUT2D eigenvalue weighted by Crippen LogP contribution is -2.55. The van der Waals surface area contributed by atoms with Gasteiger partial charge in [-0.15, -0.1) is 0 Å². The minimum Gasteiger partial charge on any atom is -0.480 e. The van der Waals surface area contributed by atoms with Crippen molar-refractivity contribution in [3.63, 3.8) is 0 Å². The second-order valence-corrected chi connectivity index (χ2v) is 5.32. The molecule has 1 heterocycles. The van der Waals surface area contributed by atoms with Crippen LogP contribution >= 0.6 is 11.3 Å². The molecule has 0 bridgehead atoms. The highest BCUT2D eigenvalue weighted by Gasteiger charge is 2.37. The van der Waals surface area contributed by atoms with Gasteiger partial charge >= 0.3 is 5.97 Å². The summed E-state index contributed by atoms with van der Waals surface area (Å²) in [4.78, 5) is 22.9. The summed E-state index contributed by atoms with van der Waals surface area (Å²) in [5.41, 5.74) is -0.326. The fourth-order valence-electron chi connectivity index (χ4n) is 1.28. The largest absolute Gasteiger partial charge is 0.480 e. The summed E-state index contributed by atoms with van der Waals surface area (Å²) in [7, 11) is 0. The first kappa shape index (κ1) is 14.4. The quantitative estimate of drug-likeness (QED) is 0.805. The van der Waals surface area contributed by atoms with Crippen molar-refractivity contribution in [1.29, 1.82) is 0 Å². The third kappa shape index (κ3) is 3.43. The van der Waals surface area contributed by atoms with Gasteiger partial charge in [0.15, 0.2) is 0 Å². The Balaban J connectivity index is 2.71. The van der Waals surface area contributed by atoms with Gasteiger partial charge in [-0.05, 0) is 41.3 Å². The third-order valence-corrected chi connectivity index (χ3v) is 3.65. The predicted octanol–water partition coefficient (Wildman–Crippen LogP) is 2.38. The zero-order valence-corrected chi connectivity index (χ0v) is 11.5. The molecule has 5 heteroatoms. The Labute approximate surface area is 110 Å². The van der Waals surface area contributed by atoms with Gasteiger partial charge in [-0.25, -0.2) is 4.79 Å². The van der Waals surface area contributed by atoms with Gasteiger partial charge in [0.05, 0.1) is 0 Å². The van der Waals surface area contributed by atoms with Gasteiger partial charge in [-0.3, -0.25) is 4.79 Å². The molecule has 1 unspecified atom stereocenters. The van der Waals surface area contributed by atoms with E-state index in [2.05, 4.69) is 5.32 Å². The Kier molecular flexibility index (Phi) is 4.67. The summed E-state index contributed by atoms with van der Waals surface area (Å²) in [6.45, 7) is 5.03. The van der Waals surface area contributed by atoms with Crippen LogP contribution in [0.15, 0.2) is 22.9 Å². The fourth-order valence-corrected chi connectivity index (χ4v) is 1.91. The maximum atomic E-state index is 11.7. The maximum Gasteiger partial charge on any atom is 0.329 e. The molecule has 0 aliphatic heterocycles. The standard InChI is InChI=1S/C13H17NO3S/c1-9(2)13(3,12(16)17)14-11(15)5-4-10-6-7-18-8-10/h4-9H,1-3H3,(H,14,15)(H,16,17)/b5-4+. The first-order valence-corrected chi connectivity index (χ1v) is 6.56. The number of aliphatic carboxylic acids is 1. The SMILES string of the molecule is CC(C)C(C)(NC(=O)/C=C/c1ccsc1)C(=O)O. The normalized spacial score (nSPS) is 14.7. The van der Waals surface area contributed by atoms with E-state index in [-0.39, 0.29) is 5.92 Å². The number of amides is 1. The summed E-state index contributed by atoms with van der Waals surface area (Å²) in [5.74, 6) is -1.64. The molecule has 0 saturated heterocycles. The molecule has 2 N–H and O–H groups in total. The number of hydrogen-bond donors (Lipinski definition) is 2. The van der Waals surface area contributed by atoms with Crippen molar-refractivity contribution in [1.82, 2.24) is 5.32 Å². The van der Waals surface area contributed by atoms with Crippen molar-refractivity contribution >= 4 is 29.3 Å². The van der Waals surface area contributed by atoms with Gasteiger partial charge in [0.2, 0.25) is 5.91 Å². The number of rotatable bonds is 5. The van der Waals surface area contributed by atoms with Crippen LogP contribution in [0.4, 0.5) is 0 Å². The number of thiophene rings is 1. The molecule has 0 radical (unpaired) electrons. The molecule has 1 amide bonds. The smallest absolute Gasteiger partial charge is 0.329 e. The van der Waals surface area contributed by atoms with Crippen LogP contribution in [0.1, 0.15) is 26.3 Å². The van der Waals surface area contributed by atoms with Gasteiger partial charge in [0.25, 0.3) is 0 Å². The number of carboxylic acids is 1. The van der Waals surface area contributed by atoms with Crippen molar-refractivity contribution < 1.29 is 14.7 Å². The Morgan fingerprint density at radius 3 is 2.61 bits per heavy atom. The number of nitrogens with one attached hydrogen (secondary N) is 1. The van der Waals surface area contributed by atoms with Crippen molar-refractivity contribution in [2.45, 2.75) is 26.3 Å². The number of carboxylic acid groups (broad SMARTS) is 1. The molecular formula is C13H17NO3S. The average Bonchev–Trinajstić information content (AvgIpc) is 2.78. The molecule has 1 rings (SSSR count). The van der Waals surface area contributed by atoms with Crippen molar-refractivity contribution in [2.75, 3.05) is 0 Å². The monoisotopic (exact) mass is 267 g/mol. The van der Waals surface area contributed by atoms with Crippen LogP contribution in [-0.4, -0.2) is 22.5 Å². The summed E-state index contributed by atoms with van der Waals surface area (Å²) in [6, 6.07) is 1.88. The Bertz CT molecular complexity index is 451. The predicted molar refractivity (Wildman–Crippen MR) is 72.4 cm³/mol. The van der Waals surface area contributed by atoms with E-state index < -0.39 is 17.4 Å². The summed E-state index contributed by atoms with van der Waals surface area (Å²) >= 11 is 1.54. The number of carbonyl (C=O) groups excluding carboxylic acids is 1. The lowest BCUT2D eigenvalue weighted by atomic mass is 9.88. The maximum absolute atomic E-state index is 11.7. The van der Waals surface area contributed by atoms with E-state index in [9.17, 15) is 9.59 Å². The topological polar surface area (TPSA) is 66.4 Å². The molecule has 0 saturated carbocycles. The summed E-state index contributed by atoms with van der Waals surface area (Å²) < 4.78 is 0. The molecule has 18 heavy (non-hydrogen) atoms. The minimum atomic E-state index is -1.25. The van der Waals surface area contributed by atoms with Crippen LogP contribution in [0, 0.1) is 5.92 Å². The average molecular weight is 267 g/mol. The lowest BCUT2D eigenvalue weighted by molar-refractivity contribution is -0.148. The molecule has 1 atom stereocenters. The van der Waals surface area contributed by atoms with E-state index in [1.165, 1.54) is 24.3 Å². The third-order valence-electron chi connectivity index (χ3n) is 2.95. The number of carbonyl (C=O) groups is 2. The van der Waals surface area contributed by atoms with Crippen LogP contribution in [0.5, 0.6) is 0 Å². The Hall–Kier alpha value is -1.62. The second kappa shape index (κ2) is 5.82. The molecule has 1 aromatic heterocycles. The van der Waals surface area contributed by atoms with Gasteiger partial charge in [-0.2, -0.15) is 11.3 Å². The number of hydrogen-bond acceptors (Lipinski definition) is 3. The molecule has 0 aliphatic carbocycles. The van der Waals surface area contributed by atoms with Crippen LogP contribution in [0.3, 0.4) is 0 Å². The highest BCUT2D eigenvalue weighted by Crippen LogP contribution is 2.17. The van der Waals surface area contributed by atoms with Gasteiger partial charge in [0, 0.05) is 6.08 Å². The van der Waals surface area contributed by atoms with E-state index in [4.69, 9.17) is 5.11 Å². The lowest BCUT2D eigenvalue weighted by Gasteiger charge is -2.29. The minimum absolute atomic E-state index is 0.200. The zero-order valence-electron chi connectivity index (χ0n) is 10.6. The van der Waals surface area contributed by atoms with Gasteiger partial charge in [0.1, 0.15) is 5.54 Å². The van der Waals surface area contributed by atoms with Crippen LogP contribution < -0.4 is 5.32 Å². The van der Waals surface area contributed by atoms with Crippen molar-refractivity contribution in [3.8, 4) is 0 Å². The van der Waals surface area contributed by atoms with E-state index in [1.54, 1.807) is 19.9 Å². The van der Waals surface area contributed by atoms with Gasteiger partial charge in [-0.1, -0.05) is 13.8 Å². The first-order valence-electron chi connectivity index (χ1n) is 5.62. The highest BCUT2D eigenvalue weighted by molar-refractivity contribution is 7.08. The van der Waals surface area contributed by atoms with Crippen molar-refractivity contribution in [3.05, 3.63) is 28.5 Å². The van der Waals surface area contributed by atoms with Crippen LogP contribution in [0.2, 0.25) is 0 Å². The molecule has 0 aliphatic rings. The van der Waals surface area contributed by atoms with E-state index in [1.807, 2.05) is 16.8 Å². The second-order valence-electron chi connectivity index (χ2n) is 4.54. The molecule has 98 valence electrons. The van der Waals surface area contributed by atoms with Crippen LogP contribution in [0.25, 0.3) is 6.08 Å². The van der Waals surface area contributed by atoms with E-state index in [0.29, 0.717) is 0 Å². The van der Waals surface area contributed by atoms with E-state index >= 15 is 0 Å².